The molecule has 0 radical (unpaired) electrons. The molecule has 120 valence electrons. The van der Waals surface area contributed by atoms with Crippen LogP contribution in [0.15, 0.2) is 22.7 Å². The van der Waals surface area contributed by atoms with Crippen molar-refractivity contribution >= 4 is 21.6 Å². The Kier molecular flexibility index (Phi) is 3.74. The fourth-order valence-electron chi connectivity index (χ4n) is 4.32. The van der Waals surface area contributed by atoms with Crippen LogP contribution in [-0.2, 0) is 10.2 Å². The Balaban J connectivity index is 1.61. The number of anilines is 1. The average Bonchev–Trinajstić information content (AvgIpc) is 2.74. The van der Waals surface area contributed by atoms with Crippen molar-refractivity contribution in [3.05, 3.63) is 28.2 Å². The highest BCUT2D eigenvalue weighted by Crippen LogP contribution is 2.48. The second-order valence-corrected chi connectivity index (χ2v) is 8.31. The van der Waals surface area contributed by atoms with Gasteiger partial charge in [0.25, 0.3) is 0 Å². The molecule has 3 heterocycles. The summed E-state index contributed by atoms with van der Waals surface area (Å²) < 4.78 is 6.58. The Labute approximate surface area is 141 Å². The van der Waals surface area contributed by atoms with Crippen LogP contribution in [0.4, 0.5) is 5.69 Å². The number of likely N-dealkylation sites (tertiary alicyclic amines) is 1. The zero-order valence-corrected chi connectivity index (χ0v) is 15.1. The zero-order chi connectivity index (χ0) is 15.3. The maximum Gasteiger partial charge on any atom is 0.0645 e. The molecule has 3 aliphatic rings. The van der Waals surface area contributed by atoms with Crippen molar-refractivity contribution in [2.45, 2.75) is 44.2 Å². The molecule has 2 fully saturated rings. The average molecular weight is 365 g/mol. The molecule has 0 atom stereocenters. The van der Waals surface area contributed by atoms with Gasteiger partial charge in [0.1, 0.15) is 0 Å². The predicted octanol–water partition coefficient (Wildman–Crippen LogP) is 3.41. The lowest BCUT2D eigenvalue weighted by molar-refractivity contribution is -0.0752. The van der Waals surface area contributed by atoms with Crippen LogP contribution in [0.2, 0.25) is 0 Å². The molecule has 3 nitrogen and oxygen atoms in total. The second-order valence-electron chi connectivity index (χ2n) is 7.39. The number of rotatable bonds is 2. The lowest BCUT2D eigenvalue weighted by Gasteiger charge is -2.45. The summed E-state index contributed by atoms with van der Waals surface area (Å²) in [6, 6.07) is 8.12. The maximum atomic E-state index is 5.37. The van der Waals surface area contributed by atoms with Crippen molar-refractivity contribution in [3.8, 4) is 0 Å². The molecule has 2 saturated heterocycles. The van der Waals surface area contributed by atoms with E-state index in [9.17, 15) is 0 Å². The molecule has 0 aromatic heterocycles. The Morgan fingerprint density at radius 2 is 1.95 bits per heavy atom. The summed E-state index contributed by atoms with van der Waals surface area (Å²) >= 11 is 3.68. The summed E-state index contributed by atoms with van der Waals surface area (Å²) in [5, 5.41) is 0. The van der Waals surface area contributed by atoms with Crippen molar-refractivity contribution < 1.29 is 4.74 Å². The molecule has 0 saturated carbocycles. The Morgan fingerprint density at radius 1 is 1.23 bits per heavy atom. The fourth-order valence-corrected chi connectivity index (χ4v) is 4.68. The third kappa shape index (κ3) is 2.31. The van der Waals surface area contributed by atoms with E-state index in [1.54, 1.807) is 5.56 Å². The van der Waals surface area contributed by atoms with Crippen LogP contribution in [0.25, 0.3) is 0 Å². The number of fused-ring (bicyclic) bond motifs is 2. The summed E-state index contributed by atoms with van der Waals surface area (Å²) in [6.45, 7) is 10.1. The van der Waals surface area contributed by atoms with E-state index in [2.05, 4.69) is 57.8 Å². The molecule has 4 heteroatoms. The molecule has 0 N–H and O–H groups in total. The van der Waals surface area contributed by atoms with Crippen LogP contribution >= 0.6 is 15.9 Å². The van der Waals surface area contributed by atoms with Crippen molar-refractivity contribution in [3.63, 3.8) is 0 Å². The molecule has 1 aromatic rings. The molecule has 1 aromatic carbocycles. The monoisotopic (exact) mass is 364 g/mol. The van der Waals surface area contributed by atoms with Crippen LogP contribution < -0.4 is 4.90 Å². The molecular weight excluding hydrogens is 340 g/mol. The van der Waals surface area contributed by atoms with Crippen LogP contribution in [0.1, 0.15) is 32.3 Å². The first-order chi connectivity index (χ1) is 10.6. The molecule has 4 rings (SSSR count). The van der Waals surface area contributed by atoms with Crippen molar-refractivity contribution in [2.75, 3.05) is 37.7 Å². The van der Waals surface area contributed by atoms with Gasteiger partial charge in [0.15, 0.2) is 0 Å². The van der Waals surface area contributed by atoms with Crippen molar-refractivity contribution in [1.82, 2.24) is 4.90 Å². The van der Waals surface area contributed by atoms with Gasteiger partial charge in [-0.1, -0.05) is 15.9 Å². The molecule has 3 aliphatic heterocycles. The van der Waals surface area contributed by atoms with Crippen molar-refractivity contribution in [1.29, 1.82) is 0 Å². The van der Waals surface area contributed by atoms with E-state index < -0.39 is 0 Å². The summed E-state index contributed by atoms with van der Waals surface area (Å²) in [4.78, 5) is 5.24. The van der Waals surface area contributed by atoms with Gasteiger partial charge in [-0.05, 0) is 63.5 Å². The molecule has 0 bridgehead atoms. The first-order valence-electron chi connectivity index (χ1n) is 8.47. The predicted molar refractivity (Wildman–Crippen MR) is 93.7 cm³/mol. The lowest BCUT2D eigenvalue weighted by Crippen LogP contribution is -2.55. The van der Waals surface area contributed by atoms with E-state index >= 15 is 0 Å². The highest BCUT2D eigenvalue weighted by Gasteiger charge is 2.46. The van der Waals surface area contributed by atoms with E-state index in [0.717, 1.165) is 13.2 Å². The highest BCUT2D eigenvalue weighted by molar-refractivity contribution is 9.10. The van der Waals surface area contributed by atoms with Gasteiger partial charge in [0.2, 0.25) is 0 Å². The van der Waals surface area contributed by atoms with E-state index in [1.807, 2.05) is 0 Å². The molecule has 1 spiro atoms. The topological polar surface area (TPSA) is 15.7 Å². The van der Waals surface area contributed by atoms with Crippen LogP contribution in [0, 0.1) is 0 Å². The van der Waals surface area contributed by atoms with Crippen LogP contribution in [0.5, 0.6) is 0 Å². The number of hydrogen-bond donors (Lipinski definition) is 0. The number of hydrogen-bond acceptors (Lipinski definition) is 3. The van der Waals surface area contributed by atoms with Gasteiger partial charge < -0.3 is 9.64 Å². The first-order valence-corrected chi connectivity index (χ1v) is 9.27. The third-order valence-electron chi connectivity index (χ3n) is 5.83. The molecule has 0 unspecified atom stereocenters. The van der Waals surface area contributed by atoms with Gasteiger partial charge in [-0.15, -0.1) is 0 Å². The van der Waals surface area contributed by atoms with Gasteiger partial charge in [0, 0.05) is 28.2 Å². The lowest BCUT2D eigenvalue weighted by atomic mass is 9.74. The summed E-state index contributed by atoms with van der Waals surface area (Å²) in [5.74, 6) is 0. The smallest absolute Gasteiger partial charge is 0.0645 e. The molecule has 22 heavy (non-hydrogen) atoms. The van der Waals surface area contributed by atoms with E-state index in [0.29, 0.717) is 17.5 Å². The summed E-state index contributed by atoms with van der Waals surface area (Å²) in [6.07, 6.45) is 2.55. The number of piperidine rings is 1. The normalized spacial score (nSPS) is 24.8. The summed E-state index contributed by atoms with van der Waals surface area (Å²) in [7, 11) is 0. The Hall–Kier alpha value is -0.580. The number of nitrogens with zero attached hydrogens (tertiary/aromatic N) is 2. The maximum absolute atomic E-state index is 5.37. The number of halogens is 1. The highest BCUT2D eigenvalue weighted by atomic mass is 79.9. The standard InChI is InChI=1S/C18H25BrN2O/c1-13(2)21-12-18(16-9-14(19)3-4-17(16)21)5-7-20(8-6-18)15-10-22-11-15/h3-4,9,13,15H,5-8,10-12H2,1-2H3. The molecule has 0 amide bonds. The zero-order valence-electron chi connectivity index (χ0n) is 13.5. The molecule has 0 aliphatic carbocycles. The second kappa shape index (κ2) is 5.50. The number of benzene rings is 1. The van der Waals surface area contributed by atoms with E-state index in [-0.39, 0.29) is 0 Å². The number of ether oxygens (including phenoxy) is 1. The Bertz CT molecular complexity index is 562. The quantitative estimate of drug-likeness (QED) is 0.799. The largest absolute Gasteiger partial charge is 0.378 e. The minimum absolute atomic E-state index is 0.352. The van der Waals surface area contributed by atoms with Gasteiger partial charge in [-0.3, -0.25) is 4.90 Å². The fraction of sp³-hybridized carbons (Fsp3) is 0.667. The SMILES string of the molecule is CC(C)N1CC2(CCN(C3COC3)CC2)c2cc(Br)ccc21. The minimum atomic E-state index is 0.352. The Morgan fingerprint density at radius 3 is 2.55 bits per heavy atom. The summed E-state index contributed by atoms with van der Waals surface area (Å²) in [5.41, 5.74) is 3.38. The van der Waals surface area contributed by atoms with Gasteiger partial charge in [0.05, 0.1) is 19.3 Å². The van der Waals surface area contributed by atoms with Gasteiger partial charge in [-0.2, -0.15) is 0 Å². The van der Waals surface area contributed by atoms with Gasteiger partial charge in [-0.25, -0.2) is 0 Å². The van der Waals surface area contributed by atoms with Crippen LogP contribution in [-0.4, -0.2) is 49.8 Å². The third-order valence-corrected chi connectivity index (χ3v) is 6.32. The minimum Gasteiger partial charge on any atom is -0.378 e. The molecular formula is C18H25BrN2O. The van der Waals surface area contributed by atoms with E-state index in [4.69, 9.17) is 4.74 Å². The van der Waals surface area contributed by atoms with E-state index in [1.165, 1.54) is 42.6 Å². The first kappa shape index (κ1) is 15.0. The van der Waals surface area contributed by atoms with Gasteiger partial charge >= 0.3 is 0 Å². The van der Waals surface area contributed by atoms with Crippen LogP contribution in [0.3, 0.4) is 0 Å². The van der Waals surface area contributed by atoms with Crippen molar-refractivity contribution in [2.24, 2.45) is 0 Å².